The van der Waals surface area contributed by atoms with Crippen molar-refractivity contribution in [3.05, 3.63) is 22.7 Å². The molecule has 0 atom stereocenters. The molecule has 0 spiro atoms. The molecular formula is C6H4ClF2NO. The summed E-state index contributed by atoms with van der Waals surface area (Å²) in [7, 11) is 0. The Balaban J connectivity index is 3.46. The number of rotatable bonds is 0. The van der Waals surface area contributed by atoms with Gasteiger partial charge < -0.3 is 10.8 Å². The summed E-state index contributed by atoms with van der Waals surface area (Å²) in [5, 5.41) is 8.15. The fraction of sp³-hybridized carbons (Fsp3) is 0. The summed E-state index contributed by atoms with van der Waals surface area (Å²) < 4.78 is 24.9. The molecule has 0 fully saturated rings. The van der Waals surface area contributed by atoms with E-state index in [0.29, 0.717) is 0 Å². The van der Waals surface area contributed by atoms with Crippen LogP contribution in [0.15, 0.2) is 6.07 Å². The van der Waals surface area contributed by atoms with Crippen LogP contribution in [0.2, 0.25) is 5.02 Å². The molecule has 5 heteroatoms. The van der Waals surface area contributed by atoms with Crippen LogP contribution in [0, 0.1) is 11.6 Å². The Morgan fingerprint density at radius 1 is 1.45 bits per heavy atom. The Kier molecular flexibility index (Phi) is 1.87. The highest BCUT2D eigenvalue weighted by atomic mass is 35.5. The second-order valence-electron chi connectivity index (χ2n) is 1.92. The van der Waals surface area contributed by atoms with E-state index in [4.69, 9.17) is 22.4 Å². The molecule has 1 rings (SSSR count). The Labute approximate surface area is 66.2 Å². The first-order valence-electron chi connectivity index (χ1n) is 2.66. The van der Waals surface area contributed by atoms with E-state index in [0.717, 1.165) is 6.07 Å². The smallest absolute Gasteiger partial charge is 0.189 e. The van der Waals surface area contributed by atoms with E-state index in [-0.39, 0.29) is 5.69 Å². The van der Waals surface area contributed by atoms with Crippen LogP contribution in [0.3, 0.4) is 0 Å². The van der Waals surface area contributed by atoms with Gasteiger partial charge in [-0.25, -0.2) is 8.78 Å². The lowest BCUT2D eigenvalue weighted by molar-refractivity contribution is 0.397. The minimum Gasteiger partial charge on any atom is -0.503 e. The fourth-order valence-corrected chi connectivity index (χ4v) is 0.748. The number of phenols is 1. The lowest BCUT2D eigenvalue weighted by Crippen LogP contribution is -1.92. The van der Waals surface area contributed by atoms with Gasteiger partial charge in [-0.05, 0) is 0 Å². The molecular weight excluding hydrogens is 176 g/mol. The van der Waals surface area contributed by atoms with Crippen LogP contribution in [-0.2, 0) is 0 Å². The third kappa shape index (κ3) is 1.21. The molecule has 2 nitrogen and oxygen atoms in total. The number of hydrogen-bond donors (Lipinski definition) is 2. The predicted molar refractivity (Wildman–Crippen MR) is 37.4 cm³/mol. The van der Waals surface area contributed by atoms with E-state index in [2.05, 4.69) is 0 Å². The maximum atomic E-state index is 12.6. The third-order valence-corrected chi connectivity index (χ3v) is 1.55. The first-order chi connectivity index (χ1) is 5.04. The van der Waals surface area contributed by atoms with Crippen molar-refractivity contribution < 1.29 is 13.9 Å². The van der Waals surface area contributed by atoms with Gasteiger partial charge in [0.25, 0.3) is 0 Å². The molecule has 0 saturated heterocycles. The zero-order valence-corrected chi connectivity index (χ0v) is 5.99. The molecule has 11 heavy (non-hydrogen) atoms. The minimum atomic E-state index is -1.23. The number of aromatic hydroxyl groups is 1. The highest BCUT2D eigenvalue weighted by Gasteiger charge is 2.14. The minimum absolute atomic E-state index is 0.237. The van der Waals surface area contributed by atoms with Crippen molar-refractivity contribution in [2.45, 2.75) is 0 Å². The molecule has 0 bridgehead atoms. The number of benzene rings is 1. The van der Waals surface area contributed by atoms with Gasteiger partial charge in [0.05, 0.1) is 5.69 Å². The van der Waals surface area contributed by atoms with Gasteiger partial charge in [-0.15, -0.1) is 0 Å². The zero-order valence-electron chi connectivity index (χ0n) is 5.24. The molecule has 0 amide bonds. The Morgan fingerprint density at radius 3 is 2.55 bits per heavy atom. The van der Waals surface area contributed by atoms with Crippen molar-refractivity contribution in [1.29, 1.82) is 0 Å². The molecule has 60 valence electrons. The summed E-state index contributed by atoms with van der Waals surface area (Å²) in [4.78, 5) is 0. The van der Waals surface area contributed by atoms with E-state index < -0.39 is 22.4 Å². The summed E-state index contributed by atoms with van der Waals surface area (Å²) >= 11 is 5.23. The standard InChI is InChI=1S/C6H4ClF2NO/c7-4-3(10)1-2(8)6(11)5(4)9/h1,11H,10H2. The van der Waals surface area contributed by atoms with Crippen LogP contribution < -0.4 is 5.73 Å². The van der Waals surface area contributed by atoms with E-state index in [1.54, 1.807) is 0 Å². The van der Waals surface area contributed by atoms with Crippen LogP contribution in [-0.4, -0.2) is 5.11 Å². The molecule has 3 N–H and O–H groups in total. The van der Waals surface area contributed by atoms with Gasteiger partial charge in [0.15, 0.2) is 17.4 Å². The molecule has 0 aromatic heterocycles. The van der Waals surface area contributed by atoms with Crippen molar-refractivity contribution in [3.63, 3.8) is 0 Å². The molecule has 0 saturated carbocycles. The lowest BCUT2D eigenvalue weighted by Gasteiger charge is -2.01. The molecule has 1 aromatic carbocycles. The van der Waals surface area contributed by atoms with Gasteiger partial charge >= 0.3 is 0 Å². The topological polar surface area (TPSA) is 46.2 Å². The van der Waals surface area contributed by atoms with Crippen LogP contribution in [0.5, 0.6) is 5.75 Å². The van der Waals surface area contributed by atoms with Gasteiger partial charge in [0.2, 0.25) is 0 Å². The summed E-state index contributed by atoms with van der Waals surface area (Å²) in [5.74, 6) is -3.46. The average Bonchev–Trinajstić information content (AvgIpc) is 1.97. The Bertz CT molecular complexity index is 277. The van der Waals surface area contributed by atoms with Gasteiger partial charge in [0.1, 0.15) is 5.02 Å². The number of anilines is 1. The highest BCUT2D eigenvalue weighted by molar-refractivity contribution is 6.33. The highest BCUT2D eigenvalue weighted by Crippen LogP contribution is 2.31. The average molecular weight is 180 g/mol. The molecule has 0 unspecified atom stereocenters. The first-order valence-corrected chi connectivity index (χ1v) is 3.03. The maximum absolute atomic E-state index is 12.6. The SMILES string of the molecule is Nc1cc(F)c(O)c(F)c1Cl. The summed E-state index contributed by atoms with van der Waals surface area (Å²) in [6, 6.07) is 0.751. The maximum Gasteiger partial charge on any atom is 0.189 e. The molecule has 0 aliphatic carbocycles. The normalized spacial score (nSPS) is 10.1. The largest absolute Gasteiger partial charge is 0.503 e. The van der Waals surface area contributed by atoms with Crippen LogP contribution in [0.25, 0.3) is 0 Å². The predicted octanol–water partition coefficient (Wildman–Crippen LogP) is 1.91. The molecule has 0 heterocycles. The van der Waals surface area contributed by atoms with Gasteiger partial charge in [-0.3, -0.25) is 0 Å². The van der Waals surface area contributed by atoms with Gasteiger partial charge in [-0.1, -0.05) is 11.6 Å². The summed E-state index contributed by atoms with van der Waals surface area (Å²) in [6.07, 6.45) is 0. The zero-order chi connectivity index (χ0) is 8.59. The van der Waals surface area contributed by atoms with E-state index in [1.165, 1.54) is 0 Å². The summed E-state index contributed by atoms with van der Waals surface area (Å²) in [5.41, 5.74) is 4.83. The quantitative estimate of drug-likeness (QED) is 0.363. The third-order valence-electron chi connectivity index (χ3n) is 1.16. The number of phenolic OH excluding ortho intramolecular Hbond substituents is 1. The van der Waals surface area contributed by atoms with Crippen LogP contribution in [0.4, 0.5) is 14.5 Å². The number of halogens is 3. The van der Waals surface area contributed by atoms with Gasteiger partial charge in [0, 0.05) is 6.07 Å². The lowest BCUT2D eigenvalue weighted by atomic mass is 10.3. The van der Waals surface area contributed by atoms with Crippen molar-refractivity contribution in [3.8, 4) is 5.75 Å². The molecule has 0 radical (unpaired) electrons. The second kappa shape index (κ2) is 2.54. The molecule has 1 aromatic rings. The first kappa shape index (κ1) is 8.07. The van der Waals surface area contributed by atoms with Crippen molar-refractivity contribution in [2.24, 2.45) is 0 Å². The molecule has 0 aliphatic heterocycles. The van der Waals surface area contributed by atoms with E-state index >= 15 is 0 Å². The summed E-state index contributed by atoms with van der Waals surface area (Å²) in [6.45, 7) is 0. The molecule has 0 aliphatic rings. The van der Waals surface area contributed by atoms with Crippen LogP contribution in [0.1, 0.15) is 0 Å². The van der Waals surface area contributed by atoms with E-state index in [9.17, 15) is 8.78 Å². The number of hydrogen-bond acceptors (Lipinski definition) is 2. The van der Waals surface area contributed by atoms with Crippen molar-refractivity contribution >= 4 is 17.3 Å². The van der Waals surface area contributed by atoms with E-state index in [1.807, 2.05) is 0 Å². The Hall–Kier alpha value is -1.03. The second-order valence-corrected chi connectivity index (χ2v) is 2.30. The Morgan fingerprint density at radius 2 is 2.00 bits per heavy atom. The number of nitrogen functional groups attached to an aromatic ring is 1. The van der Waals surface area contributed by atoms with Gasteiger partial charge in [-0.2, -0.15) is 0 Å². The van der Waals surface area contributed by atoms with Crippen molar-refractivity contribution in [1.82, 2.24) is 0 Å². The number of nitrogens with two attached hydrogens (primary N) is 1. The van der Waals surface area contributed by atoms with Crippen LogP contribution >= 0.6 is 11.6 Å². The monoisotopic (exact) mass is 179 g/mol. The van der Waals surface area contributed by atoms with Crippen molar-refractivity contribution in [2.75, 3.05) is 5.73 Å². The fourth-order valence-electron chi connectivity index (χ4n) is 0.604.